The zero-order valence-electron chi connectivity index (χ0n) is 15.5. The number of phenols is 1. The third-order valence-electron chi connectivity index (χ3n) is 5.01. The maximum Gasteiger partial charge on any atom is 0.259 e. The van der Waals surface area contributed by atoms with E-state index in [1.54, 1.807) is 28.6 Å². The Balaban J connectivity index is 1.52. The molecule has 0 atom stereocenters. The standard InChI is InChI=1S/C21H21ClN4O2/c1-15-19(20(22)26(23-15)16-7-3-2-4-8-16)21(28)25-13-11-24(12-14-25)17-9-5-6-10-18(17)27/h2-10,27H,11-14H2,1H3. The highest BCUT2D eigenvalue weighted by Crippen LogP contribution is 2.29. The van der Waals surface area contributed by atoms with Crippen molar-refractivity contribution in [1.29, 1.82) is 0 Å². The van der Waals surface area contributed by atoms with Gasteiger partial charge in [0.1, 0.15) is 10.9 Å². The topological polar surface area (TPSA) is 61.6 Å². The van der Waals surface area contributed by atoms with Crippen LogP contribution in [0.3, 0.4) is 0 Å². The van der Waals surface area contributed by atoms with E-state index in [1.165, 1.54) is 0 Å². The summed E-state index contributed by atoms with van der Waals surface area (Å²) in [6, 6.07) is 16.8. The molecule has 1 aliphatic rings. The van der Waals surface area contributed by atoms with Gasteiger partial charge in [0.25, 0.3) is 5.91 Å². The van der Waals surface area contributed by atoms with E-state index in [0.717, 1.165) is 11.4 Å². The van der Waals surface area contributed by atoms with Crippen LogP contribution in [0.2, 0.25) is 5.15 Å². The van der Waals surface area contributed by atoms with E-state index in [9.17, 15) is 9.90 Å². The number of para-hydroxylation sites is 3. The summed E-state index contributed by atoms with van der Waals surface area (Å²) in [6.07, 6.45) is 0. The fraction of sp³-hybridized carbons (Fsp3) is 0.238. The van der Waals surface area contributed by atoms with Crippen molar-refractivity contribution in [3.63, 3.8) is 0 Å². The second kappa shape index (κ2) is 7.56. The average molecular weight is 397 g/mol. The third-order valence-corrected chi connectivity index (χ3v) is 5.36. The van der Waals surface area contributed by atoms with Crippen molar-refractivity contribution in [1.82, 2.24) is 14.7 Å². The lowest BCUT2D eigenvalue weighted by atomic mass is 10.2. The first-order valence-electron chi connectivity index (χ1n) is 9.19. The van der Waals surface area contributed by atoms with Crippen molar-refractivity contribution >= 4 is 23.2 Å². The van der Waals surface area contributed by atoms with Crippen molar-refractivity contribution in [3.8, 4) is 11.4 Å². The highest BCUT2D eigenvalue weighted by molar-refractivity contribution is 6.33. The van der Waals surface area contributed by atoms with E-state index in [-0.39, 0.29) is 11.7 Å². The molecule has 0 radical (unpaired) electrons. The molecule has 2 aromatic carbocycles. The van der Waals surface area contributed by atoms with Gasteiger partial charge in [-0.15, -0.1) is 0 Å². The summed E-state index contributed by atoms with van der Waals surface area (Å²) in [5.41, 5.74) is 2.67. The molecule has 0 saturated carbocycles. The molecule has 144 valence electrons. The minimum Gasteiger partial charge on any atom is -0.506 e. The molecule has 2 heterocycles. The van der Waals surface area contributed by atoms with Gasteiger partial charge in [-0.05, 0) is 31.2 Å². The lowest BCUT2D eigenvalue weighted by molar-refractivity contribution is 0.0746. The normalized spacial score (nSPS) is 14.4. The van der Waals surface area contributed by atoms with Gasteiger partial charge in [-0.25, -0.2) is 4.68 Å². The summed E-state index contributed by atoms with van der Waals surface area (Å²) in [7, 11) is 0. The number of benzene rings is 2. The van der Waals surface area contributed by atoms with E-state index < -0.39 is 0 Å². The Morgan fingerprint density at radius 2 is 1.64 bits per heavy atom. The lowest BCUT2D eigenvalue weighted by Crippen LogP contribution is -2.49. The second-order valence-electron chi connectivity index (χ2n) is 6.77. The molecule has 1 fully saturated rings. The molecule has 7 heteroatoms. The molecule has 6 nitrogen and oxygen atoms in total. The molecule has 0 aliphatic carbocycles. The number of carbonyl (C=O) groups is 1. The van der Waals surface area contributed by atoms with Crippen molar-refractivity contribution in [3.05, 3.63) is 71.0 Å². The molecule has 1 aliphatic heterocycles. The van der Waals surface area contributed by atoms with Crippen LogP contribution in [-0.4, -0.2) is 51.9 Å². The highest BCUT2D eigenvalue weighted by Gasteiger charge is 2.28. The monoisotopic (exact) mass is 396 g/mol. The maximum absolute atomic E-state index is 13.1. The second-order valence-corrected chi connectivity index (χ2v) is 7.12. The van der Waals surface area contributed by atoms with Gasteiger partial charge in [0.2, 0.25) is 0 Å². The number of hydrogen-bond acceptors (Lipinski definition) is 4. The van der Waals surface area contributed by atoms with Crippen molar-refractivity contribution < 1.29 is 9.90 Å². The summed E-state index contributed by atoms with van der Waals surface area (Å²) in [5.74, 6) is 0.145. The number of piperazine rings is 1. The SMILES string of the molecule is Cc1nn(-c2ccccc2)c(Cl)c1C(=O)N1CCN(c2ccccc2O)CC1. The van der Waals surface area contributed by atoms with E-state index in [0.29, 0.717) is 42.6 Å². The Kier molecular flexibility index (Phi) is 4.96. The first kappa shape index (κ1) is 18.4. The minimum atomic E-state index is -0.110. The largest absolute Gasteiger partial charge is 0.506 e. The predicted octanol–water partition coefficient (Wildman–Crippen LogP) is 3.50. The Morgan fingerprint density at radius 3 is 2.32 bits per heavy atom. The molecular weight excluding hydrogens is 376 g/mol. The summed E-state index contributed by atoms with van der Waals surface area (Å²) in [6.45, 7) is 4.20. The Hall–Kier alpha value is -2.99. The van der Waals surface area contributed by atoms with Gasteiger partial charge >= 0.3 is 0 Å². The van der Waals surface area contributed by atoms with Gasteiger partial charge < -0.3 is 14.9 Å². The van der Waals surface area contributed by atoms with Crippen molar-refractivity contribution in [2.45, 2.75) is 6.92 Å². The van der Waals surface area contributed by atoms with Crippen molar-refractivity contribution in [2.75, 3.05) is 31.1 Å². The molecule has 1 saturated heterocycles. The molecule has 0 bridgehead atoms. The van der Waals surface area contributed by atoms with Crippen LogP contribution in [0, 0.1) is 6.92 Å². The average Bonchev–Trinajstić information content (AvgIpc) is 3.03. The van der Waals surface area contributed by atoms with Crippen LogP contribution in [0.25, 0.3) is 5.69 Å². The van der Waals surface area contributed by atoms with Gasteiger partial charge in [-0.2, -0.15) is 5.10 Å². The van der Waals surface area contributed by atoms with E-state index in [4.69, 9.17) is 11.6 Å². The zero-order valence-corrected chi connectivity index (χ0v) is 16.3. The molecular formula is C21H21ClN4O2. The quantitative estimate of drug-likeness (QED) is 0.736. The number of anilines is 1. The zero-order chi connectivity index (χ0) is 19.7. The highest BCUT2D eigenvalue weighted by atomic mass is 35.5. The molecule has 28 heavy (non-hydrogen) atoms. The number of amides is 1. The van der Waals surface area contributed by atoms with E-state index >= 15 is 0 Å². The Morgan fingerprint density at radius 1 is 1.00 bits per heavy atom. The van der Waals surface area contributed by atoms with Gasteiger partial charge in [0, 0.05) is 26.2 Å². The molecule has 0 spiro atoms. The van der Waals surface area contributed by atoms with Crippen LogP contribution in [0.15, 0.2) is 54.6 Å². The number of aromatic nitrogens is 2. The Bertz CT molecular complexity index is 995. The Labute approximate surface area is 168 Å². The van der Waals surface area contributed by atoms with Gasteiger partial charge in [0.15, 0.2) is 0 Å². The number of aromatic hydroxyl groups is 1. The maximum atomic E-state index is 13.1. The minimum absolute atomic E-state index is 0.110. The number of rotatable bonds is 3. The molecule has 1 N–H and O–H groups in total. The summed E-state index contributed by atoms with van der Waals surface area (Å²) in [5, 5.41) is 14.8. The summed E-state index contributed by atoms with van der Waals surface area (Å²) < 4.78 is 1.60. The number of hydrogen-bond donors (Lipinski definition) is 1. The molecule has 1 amide bonds. The van der Waals surface area contributed by atoms with Gasteiger partial charge in [0.05, 0.1) is 22.6 Å². The fourth-order valence-electron chi connectivity index (χ4n) is 3.52. The molecule has 0 unspecified atom stereocenters. The first-order valence-corrected chi connectivity index (χ1v) is 9.57. The number of aryl methyl sites for hydroxylation is 1. The van der Waals surface area contributed by atoms with Crippen molar-refractivity contribution in [2.24, 2.45) is 0 Å². The van der Waals surface area contributed by atoms with E-state index in [1.807, 2.05) is 42.5 Å². The smallest absolute Gasteiger partial charge is 0.259 e. The molecule has 1 aromatic heterocycles. The third kappa shape index (κ3) is 3.31. The van der Waals surface area contributed by atoms with Crippen LogP contribution in [0.5, 0.6) is 5.75 Å². The predicted molar refractivity (Wildman–Crippen MR) is 110 cm³/mol. The van der Waals surface area contributed by atoms with Crippen LogP contribution >= 0.6 is 11.6 Å². The fourth-order valence-corrected chi connectivity index (χ4v) is 3.88. The molecule has 4 rings (SSSR count). The van der Waals surface area contributed by atoms with Crippen LogP contribution in [0.4, 0.5) is 5.69 Å². The van der Waals surface area contributed by atoms with Crippen LogP contribution in [-0.2, 0) is 0 Å². The number of carbonyl (C=O) groups excluding carboxylic acids is 1. The number of phenolic OH excluding ortho intramolecular Hbond substituents is 1. The van der Waals surface area contributed by atoms with Gasteiger partial charge in [-0.3, -0.25) is 4.79 Å². The number of halogens is 1. The molecule has 3 aromatic rings. The lowest BCUT2D eigenvalue weighted by Gasteiger charge is -2.36. The summed E-state index contributed by atoms with van der Waals surface area (Å²) in [4.78, 5) is 17.0. The van der Waals surface area contributed by atoms with E-state index in [2.05, 4.69) is 10.00 Å². The van der Waals surface area contributed by atoms with Crippen LogP contribution in [0.1, 0.15) is 16.1 Å². The first-order chi connectivity index (χ1) is 13.6. The number of nitrogens with zero attached hydrogens (tertiary/aromatic N) is 4. The van der Waals surface area contributed by atoms with Crippen LogP contribution < -0.4 is 4.90 Å². The van der Waals surface area contributed by atoms with Gasteiger partial charge in [-0.1, -0.05) is 41.9 Å². The summed E-state index contributed by atoms with van der Waals surface area (Å²) >= 11 is 6.53.